The van der Waals surface area contributed by atoms with Crippen LogP contribution in [0.25, 0.3) is 0 Å². The Kier molecular flexibility index (Phi) is 2.33. The Bertz CT molecular complexity index is 178. The second-order valence-electron chi connectivity index (χ2n) is 4.17. The van der Waals surface area contributed by atoms with E-state index in [2.05, 4.69) is 4.99 Å². The molecule has 2 N–H and O–H groups in total. The fraction of sp³-hybridized carbons (Fsp3) is 0.900. The minimum absolute atomic E-state index is 0.659. The molecule has 0 heterocycles. The number of nitrogens with two attached hydrogens (primary N) is 1. The number of amidine groups is 1. The molecule has 2 nitrogen and oxygen atoms in total. The normalized spacial score (nSPS) is 25.5. The van der Waals surface area contributed by atoms with E-state index in [4.69, 9.17) is 5.73 Å². The molecule has 0 aromatic heterocycles. The largest absolute Gasteiger partial charge is 0.387 e. The molecule has 0 atom stereocenters. The molecule has 0 bridgehead atoms. The van der Waals surface area contributed by atoms with E-state index in [-0.39, 0.29) is 0 Å². The molecule has 0 aromatic carbocycles. The molecule has 2 aliphatic carbocycles. The SMILES string of the molecule is NC(=NCCC1CCC1)C1CC1. The van der Waals surface area contributed by atoms with Crippen LogP contribution in [0.15, 0.2) is 4.99 Å². The van der Waals surface area contributed by atoms with Crippen LogP contribution in [0.4, 0.5) is 0 Å². The molecule has 0 unspecified atom stereocenters. The van der Waals surface area contributed by atoms with Crippen molar-refractivity contribution in [2.24, 2.45) is 22.6 Å². The molecule has 0 saturated heterocycles. The number of hydrogen-bond acceptors (Lipinski definition) is 1. The highest BCUT2D eigenvalue weighted by atomic mass is 14.9. The van der Waals surface area contributed by atoms with Gasteiger partial charge in [-0.25, -0.2) is 0 Å². The van der Waals surface area contributed by atoms with Gasteiger partial charge in [-0.15, -0.1) is 0 Å². The molecule has 2 fully saturated rings. The van der Waals surface area contributed by atoms with Crippen molar-refractivity contribution in [3.05, 3.63) is 0 Å². The van der Waals surface area contributed by atoms with Crippen LogP contribution in [0.1, 0.15) is 38.5 Å². The van der Waals surface area contributed by atoms with Gasteiger partial charge < -0.3 is 5.73 Å². The lowest BCUT2D eigenvalue weighted by Gasteiger charge is -2.24. The monoisotopic (exact) mass is 166 g/mol. The first-order valence-electron chi connectivity index (χ1n) is 5.16. The molecule has 0 amide bonds. The van der Waals surface area contributed by atoms with Crippen molar-refractivity contribution < 1.29 is 0 Å². The van der Waals surface area contributed by atoms with Gasteiger partial charge >= 0.3 is 0 Å². The standard InChI is InChI=1S/C10H18N2/c11-10(9-4-5-9)12-7-6-8-2-1-3-8/h8-9H,1-7H2,(H2,11,12). The van der Waals surface area contributed by atoms with Gasteiger partial charge in [-0.05, 0) is 25.2 Å². The summed E-state index contributed by atoms with van der Waals surface area (Å²) < 4.78 is 0. The number of aliphatic imine (C=N–C) groups is 1. The zero-order valence-electron chi connectivity index (χ0n) is 7.63. The first-order valence-corrected chi connectivity index (χ1v) is 5.16. The van der Waals surface area contributed by atoms with Crippen LogP contribution >= 0.6 is 0 Å². The van der Waals surface area contributed by atoms with Crippen LogP contribution in [0, 0.1) is 11.8 Å². The van der Waals surface area contributed by atoms with Crippen molar-refractivity contribution in [3.8, 4) is 0 Å². The second kappa shape index (κ2) is 3.46. The Morgan fingerprint density at radius 3 is 2.50 bits per heavy atom. The van der Waals surface area contributed by atoms with E-state index in [1.807, 2.05) is 0 Å². The third kappa shape index (κ3) is 1.99. The van der Waals surface area contributed by atoms with Crippen LogP contribution in [0.5, 0.6) is 0 Å². The van der Waals surface area contributed by atoms with Crippen molar-refractivity contribution in [1.29, 1.82) is 0 Å². The molecule has 0 aromatic rings. The van der Waals surface area contributed by atoms with Gasteiger partial charge in [0, 0.05) is 12.5 Å². The minimum Gasteiger partial charge on any atom is -0.387 e. The summed E-state index contributed by atoms with van der Waals surface area (Å²) in [6, 6.07) is 0. The van der Waals surface area contributed by atoms with Crippen molar-refractivity contribution in [2.45, 2.75) is 38.5 Å². The van der Waals surface area contributed by atoms with Crippen molar-refractivity contribution in [1.82, 2.24) is 0 Å². The summed E-state index contributed by atoms with van der Waals surface area (Å²) in [6.07, 6.45) is 8.12. The van der Waals surface area contributed by atoms with Crippen LogP contribution in [0.3, 0.4) is 0 Å². The summed E-state index contributed by atoms with van der Waals surface area (Å²) in [5.74, 6) is 2.56. The summed E-state index contributed by atoms with van der Waals surface area (Å²) in [4.78, 5) is 4.40. The molecule has 0 spiro atoms. The highest BCUT2D eigenvalue weighted by Gasteiger charge is 2.25. The second-order valence-corrected chi connectivity index (χ2v) is 4.17. The third-order valence-electron chi connectivity index (χ3n) is 3.05. The topological polar surface area (TPSA) is 38.4 Å². The Balaban J connectivity index is 1.62. The van der Waals surface area contributed by atoms with Crippen LogP contribution < -0.4 is 5.73 Å². The third-order valence-corrected chi connectivity index (χ3v) is 3.05. The van der Waals surface area contributed by atoms with Crippen LogP contribution in [-0.2, 0) is 0 Å². The molecule has 0 aliphatic heterocycles. The summed E-state index contributed by atoms with van der Waals surface area (Å²) in [7, 11) is 0. The highest BCUT2D eigenvalue weighted by Crippen LogP contribution is 2.30. The molecule has 0 radical (unpaired) electrons. The lowest BCUT2D eigenvalue weighted by molar-refractivity contribution is 0.300. The molecule has 68 valence electrons. The first kappa shape index (κ1) is 8.09. The Labute approximate surface area is 74.2 Å². The van der Waals surface area contributed by atoms with E-state index < -0.39 is 0 Å². The Morgan fingerprint density at radius 1 is 1.25 bits per heavy atom. The average Bonchev–Trinajstić information content (AvgIpc) is 2.75. The van der Waals surface area contributed by atoms with Gasteiger partial charge in [0.25, 0.3) is 0 Å². The maximum Gasteiger partial charge on any atom is 0.0968 e. The summed E-state index contributed by atoms with van der Waals surface area (Å²) in [5, 5.41) is 0. The highest BCUT2D eigenvalue weighted by molar-refractivity contribution is 5.84. The molecule has 2 rings (SSSR count). The van der Waals surface area contributed by atoms with Crippen LogP contribution in [0.2, 0.25) is 0 Å². The Hall–Kier alpha value is -0.530. The molecular weight excluding hydrogens is 148 g/mol. The molecule has 2 saturated carbocycles. The van der Waals surface area contributed by atoms with Gasteiger partial charge in [-0.3, -0.25) is 4.99 Å². The van der Waals surface area contributed by atoms with Gasteiger partial charge in [-0.2, -0.15) is 0 Å². The number of rotatable bonds is 4. The summed E-state index contributed by atoms with van der Waals surface area (Å²) in [6.45, 7) is 0.979. The van der Waals surface area contributed by atoms with E-state index in [1.165, 1.54) is 38.5 Å². The molecule has 2 aliphatic rings. The van der Waals surface area contributed by atoms with Crippen LogP contribution in [-0.4, -0.2) is 12.4 Å². The van der Waals surface area contributed by atoms with Crippen molar-refractivity contribution >= 4 is 5.84 Å². The van der Waals surface area contributed by atoms with E-state index in [0.29, 0.717) is 5.92 Å². The van der Waals surface area contributed by atoms with E-state index in [1.54, 1.807) is 0 Å². The number of nitrogens with zero attached hydrogens (tertiary/aromatic N) is 1. The lowest BCUT2D eigenvalue weighted by Crippen LogP contribution is -2.16. The maximum absolute atomic E-state index is 5.77. The summed E-state index contributed by atoms with van der Waals surface area (Å²) >= 11 is 0. The lowest BCUT2D eigenvalue weighted by atomic mass is 9.83. The van der Waals surface area contributed by atoms with Gasteiger partial charge in [0.1, 0.15) is 0 Å². The van der Waals surface area contributed by atoms with Crippen molar-refractivity contribution in [2.75, 3.05) is 6.54 Å². The maximum atomic E-state index is 5.77. The molecule has 12 heavy (non-hydrogen) atoms. The predicted octanol–water partition coefficient (Wildman–Crippen LogP) is 1.94. The molecular formula is C10H18N2. The van der Waals surface area contributed by atoms with Gasteiger partial charge in [0.2, 0.25) is 0 Å². The average molecular weight is 166 g/mol. The zero-order chi connectivity index (χ0) is 8.39. The minimum atomic E-state index is 0.659. The first-order chi connectivity index (χ1) is 5.86. The van der Waals surface area contributed by atoms with Crippen molar-refractivity contribution in [3.63, 3.8) is 0 Å². The fourth-order valence-corrected chi connectivity index (χ4v) is 1.67. The predicted molar refractivity (Wildman–Crippen MR) is 51.2 cm³/mol. The van der Waals surface area contributed by atoms with Gasteiger partial charge in [-0.1, -0.05) is 19.3 Å². The Morgan fingerprint density at radius 2 is 2.00 bits per heavy atom. The number of hydrogen-bond donors (Lipinski definition) is 1. The zero-order valence-corrected chi connectivity index (χ0v) is 7.63. The molecule has 2 heteroatoms. The van der Waals surface area contributed by atoms with E-state index in [9.17, 15) is 0 Å². The quantitative estimate of drug-likeness (QED) is 0.503. The van der Waals surface area contributed by atoms with E-state index in [0.717, 1.165) is 18.3 Å². The summed E-state index contributed by atoms with van der Waals surface area (Å²) in [5.41, 5.74) is 5.77. The van der Waals surface area contributed by atoms with Gasteiger partial charge in [0.05, 0.1) is 5.84 Å². The fourth-order valence-electron chi connectivity index (χ4n) is 1.67. The van der Waals surface area contributed by atoms with Gasteiger partial charge in [0.15, 0.2) is 0 Å². The smallest absolute Gasteiger partial charge is 0.0968 e. The van der Waals surface area contributed by atoms with E-state index >= 15 is 0 Å².